The molecular formula is C17H25NO3. The zero-order chi connectivity index (χ0) is 14.9. The lowest BCUT2D eigenvalue weighted by Crippen LogP contribution is -2.26. The fraction of sp³-hybridized carbons (Fsp3) is 0.588. The molecule has 1 heterocycles. The van der Waals surface area contributed by atoms with Crippen molar-refractivity contribution < 1.29 is 14.3 Å². The molecule has 4 heteroatoms. The summed E-state index contributed by atoms with van der Waals surface area (Å²) >= 11 is 0. The Kier molecular flexibility index (Phi) is 6.54. The number of rotatable bonds is 7. The van der Waals surface area contributed by atoms with Gasteiger partial charge in [-0.15, -0.1) is 0 Å². The zero-order valence-electron chi connectivity index (χ0n) is 12.8. The third kappa shape index (κ3) is 5.38. The molecule has 0 saturated carbocycles. The van der Waals surface area contributed by atoms with Gasteiger partial charge in [-0.05, 0) is 32.4 Å². The molecule has 0 aliphatic carbocycles. The van der Waals surface area contributed by atoms with Crippen molar-refractivity contribution in [3.8, 4) is 5.75 Å². The maximum Gasteiger partial charge on any atom is 0.305 e. The highest BCUT2D eigenvalue weighted by Gasteiger charge is 2.14. The highest BCUT2D eigenvalue weighted by Crippen LogP contribution is 2.22. The third-order valence-electron chi connectivity index (χ3n) is 3.69. The second-order valence-corrected chi connectivity index (χ2v) is 5.35. The summed E-state index contributed by atoms with van der Waals surface area (Å²) in [5.74, 6) is 0.942. The normalized spacial score (nSPS) is 14.9. The van der Waals surface area contributed by atoms with Crippen molar-refractivity contribution in [3.63, 3.8) is 0 Å². The second-order valence-electron chi connectivity index (χ2n) is 5.35. The van der Waals surface area contributed by atoms with E-state index in [0.29, 0.717) is 13.0 Å². The van der Waals surface area contributed by atoms with Gasteiger partial charge in [0.1, 0.15) is 12.4 Å². The number of benzene rings is 1. The van der Waals surface area contributed by atoms with Crippen molar-refractivity contribution in [2.45, 2.75) is 39.2 Å². The van der Waals surface area contributed by atoms with Gasteiger partial charge in [0.15, 0.2) is 0 Å². The minimum atomic E-state index is -0.0744. The molecule has 0 unspecified atom stereocenters. The first-order chi connectivity index (χ1) is 10.3. The van der Waals surface area contributed by atoms with Gasteiger partial charge in [0.25, 0.3) is 0 Å². The fourth-order valence-corrected chi connectivity index (χ4v) is 2.59. The Balaban J connectivity index is 1.66. The van der Waals surface area contributed by atoms with Crippen LogP contribution in [-0.2, 0) is 16.1 Å². The van der Waals surface area contributed by atoms with Crippen LogP contribution in [0.3, 0.4) is 0 Å². The summed E-state index contributed by atoms with van der Waals surface area (Å²) in [5.41, 5.74) is 1.27. The minimum Gasteiger partial charge on any atom is -0.492 e. The van der Waals surface area contributed by atoms with Gasteiger partial charge in [-0.25, -0.2) is 0 Å². The lowest BCUT2D eigenvalue weighted by molar-refractivity contribution is -0.143. The number of hydrogen-bond acceptors (Lipinski definition) is 4. The van der Waals surface area contributed by atoms with E-state index in [9.17, 15) is 4.79 Å². The number of ether oxygens (including phenoxy) is 2. The predicted molar refractivity (Wildman–Crippen MR) is 82.3 cm³/mol. The van der Waals surface area contributed by atoms with Crippen LogP contribution in [0, 0.1) is 0 Å². The van der Waals surface area contributed by atoms with Crippen molar-refractivity contribution >= 4 is 5.97 Å². The Morgan fingerprint density at radius 1 is 1.29 bits per heavy atom. The molecule has 0 N–H and O–H groups in total. The maximum atomic E-state index is 11.2. The third-order valence-corrected chi connectivity index (χ3v) is 3.69. The van der Waals surface area contributed by atoms with E-state index in [4.69, 9.17) is 9.47 Å². The first-order valence-electron chi connectivity index (χ1n) is 7.88. The van der Waals surface area contributed by atoms with E-state index in [1.807, 2.05) is 19.1 Å². The number of unbranched alkanes of at least 4 members (excludes halogenated alkanes) is 2. The number of para-hydroxylation sites is 1. The smallest absolute Gasteiger partial charge is 0.305 e. The molecule has 1 aliphatic heterocycles. The molecule has 116 valence electrons. The molecule has 0 saturated heterocycles. The number of hydrogen-bond donors (Lipinski definition) is 0. The van der Waals surface area contributed by atoms with Crippen LogP contribution >= 0.6 is 0 Å². The topological polar surface area (TPSA) is 38.8 Å². The van der Waals surface area contributed by atoms with E-state index in [-0.39, 0.29) is 5.97 Å². The molecule has 0 spiro atoms. The molecule has 1 aromatic rings. The van der Waals surface area contributed by atoms with Gasteiger partial charge < -0.3 is 9.47 Å². The Bertz CT molecular complexity index is 447. The molecule has 0 amide bonds. The van der Waals surface area contributed by atoms with E-state index < -0.39 is 0 Å². The Morgan fingerprint density at radius 3 is 3.00 bits per heavy atom. The average molecular weight is 291 g/mol. The molecule has 0 fully saturated rings. The van der Waals surface area contributed by atoms with Crippen LogP contribution in [-0.4, -0.2) is 37.2 Å². The van der Waals surface area contributed by atoms with Crippen molar-refractivity contribution in [2.24, 2.45) is 0 Å². The number of esters is 1. The Hall–Kier alpha value is -1.55. The van der Waals surface area contributed by atoms with Crippen LogP contribution in [0.25, 0.3) is 0 Å². The van der Waals surface area contributed by atoms with E-state index in [0.717, 1.165) is 51.3 Å². The highest BCUT2D eigenvalue weighted by molar-refractivity contribution is 5.69. The van der Waals surface area contributed by atoms with Gasteiger partial charge in [0.05, 0.1) is 6.61 Å². The van der Waals surface area contributed by atoms with E-state index in [1.165, 1.54) is 5.56 Å². The van der Waals surface area contributed by atoms with Gasteiger partial charge in [0.2, 0.25) is 0 Å². The van der Waals surface area contributed by atoms with Gasteiger partial charge in [-0.3, -0.25) is 9.69 Å². The monoisotopic (exact) mass is 291 g/mol. The van der Waals surface area contributed by atoms with E-state index in [2.05, 4.69) is 17.0 Å². The van der Waals surface area contributed by atoms with Crippen molar-refractivity contribution in [1.82, 2.24) is 4.90 Å². The molecule has 21 heavy (non-hydrogen) atoms. The number of nitrogens with zero attached hydrogens (tertiary/aromatic N) is 1. The van der Waals surface area contributed by atoms with Crippen LogP contribution in [0.2, 0.25) is 0 Å². The fourth-order valence-electron chi connectivity index (χ4n) is 2.59. The van der Waals surface area contributed by atoms with Crippen molar-refractivity contribution in [3.05, 3.63) is 29.8 Å². The number of carbonyl (C=O) groups is 1. The second kappa shape index (κ2) is 8.67. The van der Waals surface area contributed by atoms with Crippen LogP contribution in [0.1, 0.15) is 38.2 Å². The quantitative estimate of drug-likeness (QED) is 0.572. The molecule has 0 atom stereocenters. The lowest BCUT2D eigenvalue weighted by atomic mass is 10.1. The predicted octanol–water partition coefficient (Wildman–Crippen LogP) is 3.00. The van der Waals surface area contributed by atoms with Gasteiger partial charge in [-0.2, -0.15) is 0 Å². The summed E-state index contributed by atoms with van der Waals surface area (Å²) in [5, 5.41) is 0. The van der Waals surface area contributed by atoms with Crippen LogP contribution in [0.5, 0.6) is 5.75 Å². The standard InChI is InChI=1S/C17H25NO3/c1-2-20-17(19)10-4-3-7-11-18-12-13-21-16-9-6-5-8-15(16)14-18/h5-6,8-9H,2-4,7,10-14H2,1H3. The summed E-state index contributed by atoms with van der Waals surface area (Å²) in [6.45, 7) is 6.05. The first kappa shape index (κ1) is 15.8. The Morgan fingerprint density at radius 2 is 2.14 bits per heavy atom. The van der Waals surface area contributed by atoms with E-state index in [1.54, 1.807) is 0 Å². The Labute approximate surface area is 127 Å². The van der Waals surface area contributed by atoms with Crippen LogP contribution in [0.15, 0.2) is 24.3 Å². The highest BCUT2D eigenvalue weighted by atomic mass is 16.5. The molecule has 1 aromatic carbocycles. The molecule has 0 radical (unpaired) electrons. The summed E-state index contributed by atoms with van der Waals surface area (Å²) in [6.07, 6.45) is 3.64. The van der Waals surface area contributed by atoms with Crippen LogP contribution < -0.4 is 4.74 Å². The summed E-state index contributed by atoms with van der Waals surface area (Å²) < 4.78 is 10.7. The maximum absolute atomic E-state index is 11.2. The molecular weight excluding hydrogens is 266 g/mol. The SMILES string of the molecule is CCOC(=O)CCCCCN1CCOc2ccccc2C1. The molecule has 0 bridgehead atoms. The largest absolute Gasteiger partial charge is 0.492 e. The molecule has 1 aliphatic rings. The summed E-state index contributed by atoms with van der Waals surface area (Å²) in [4.78, 5) is 13.7. The van der Waals surface area contributed by atoms with Gasteiger partial charge >= 0.3 is 5.97 Å². The zero-order valence-corrected chi connectivity index (χ0v) is 12.8. The average Bonchev–Trinajstić information content (AvgIpc) is 2.69. The van der Waals surface area contributed by atoms with E-state index >= 15 is 0 Å². The lowest BCUT2D eigenvalue weighted by Gasteiger charge is -2.18. The van der Waals surface area contributed by atoms with Crippen molar-refractivity contribution in [2.75, 3.05) is 26.3 Å². The number of carbonyl (C=O) groups excluding carboxylic acids is 1. The minimum absolute atomic E-state index is 0.0744. The van der Waals surface area contributed by atoms with Gasteiger partial charge in [0, 0.05) is 25.1 Å². The molecule has 4 nitrogen and oxygen atoms in total. The summed E-state index contributed by atoms with van der Waals surface area (Å²) in [7, 11) is 0. The van der Waals surface area contributed by atoms with Crippen LogP contribution in [0.4, 0.5) is 0 Å². The van der Waals surface area contributed by atoms with Crippen molar-refractivity contribution in [1.29, 1.82) is 0 Å². The molecule has 2 rings (SSSR count). The number of fused-ring (bicyclic) bond motifs is 1. The summed E-state index contributed by atoms with van der Waals surface area (Å²) in [6, 6.07) is 8.25. The first-order valence-corrected chi connectivity index (χ1v) is 7.88. The molecule has 0 aromatic heterocycles. The van der Waals surface area contributed by atoms with Gasteiger partial charge in [-0.1, -0.05) is 24.6 Å².